The van der Waals surface area contributed by atoms with Crippen LogP contribution in [0.5, 0.6) is 0 Å². The van der Waals surface area contributed by atoms with Gasteiger partial charge in [0.05, 0.1) is 6.61 Å². The van der Waals surface area contributed by atoms with E-state index in [1.807, 2.05) is 6.92 Å². The molecular weight excluding hydrogens is 502 g/mol. The van der Waals surface area contributed by atoms with Crippen molar-refractivity contribution in [1.82, 2.24) is 15.2 Å². The van der Waals surface area contributed by atoms with Crippen molar-refractivity contribution < 1.29 is 38.2 Å². The molecule has 15 heteroatoms. The molecule has 0 radical (unpaired) electrons. The van der Waals surface area contributed by atoms with Crippen LogP contribution in [0.25, 0.3) is 0 Å². The number of esters is 1. The molecule has 1 saturated heterocycles. The van der Waals surface area contributed by atoms with Crippen LogP contribution < -0.4 is 11.1 Å². The first-order valence-electron chi connectivity index (χ1n) is 10.7. The Morgan fingerprint density at radius 3 is 2.77 bits per heavy atom. The molecule has 0 spiro atoms. The van der Waals surface area contributed by atoms with E-state index in [0.717, 1.165) is 11.3 Å². The average Bonchev–Trinajstić information content (AvgIpc) is 3.25. The van der Waals surface area contributed by atoms with Gasteiger partial charge < -0.3 is 30.1 Å². The summed E-state index contributed by atoms with van der Waals surface area (Å²) in [5.41, 5.74) is 5.78. The number of aromatic nitrogens is 1. The van der Waals surface area contributed by atoms with Crippen molar-refractivity contribution in [1.29, 1.82) is 0 Å². The first-order chi connectivity index (χ1) is 16.8. The number of anilines is 1. The maximum atomic E-state index is 12.9. The van der Waals surface area contributed by atoms with Crippen molar-refractivity contribution in [2.75, 3.05) is 24.7 Å². The lowest BCUT2D eigenvalue weighted by atomic mass is 10.0. The number of carbonyl (C=O) groups is 4. The number of rotatable bonds is 10. The van der Waals surface area contributed by atoms with Gasteiger partial charge in [0.15, 0.2) is 10.8 Å². The SMILES string of the molecule is CCCON=C(C(=O)NC1C(=O)N2C(C(=O)OC(C)OC(=O)OCC)=CCS[C@H]12)c1csc(N)n1. The van der Waals surface area contributed by atoms with Gasteiger partial charge in [0.2, 0.25) is 6.29 Å². The Morgan fingerprint density at radius 1 is 1.34 bits per heavy atom. The van der Waals surface area contributed by atoms with Crippen molar-refractivity contribution >= 4 is 57.9 Å². The predicted octanol–water partition coefficient (Wildman–Crippen LogP) is 1.20. The minimum Gasteiger partial charge on any atom is -0.435 e. The number of nitrogen functional groups attached to an aromatic ring is 1. The number of ether oxygens (including phenoxy) is 3. The van der Waals surface area contributed by atoms with Gasteiger partial charge in [0.25, 0.3) is 11.8 Å². The zero-order valence-electron chi connectivity index (χ0n) is 19.2. The summed E-state index contributed by atoms with van der Waals surface area (Å²) in [6.07, 6.45) is -0.000104. The summed E-state index contributed by atoms with van der Waals surface area (Å²) in [6.45, 7) is 5.23. The smallest absolute Gasteiger partial charge is 0.435 e. The van der Waals surface area contributed by atoms with Gasteiger partial charge in [0, 0.05) is 18.1 Å². The highest BCUT2D eigenvalue weighted by atomic mass is 32.2. The summed E-state index contributed by atoms with van der Waals surface area (Å²) in [5.74, 6) is -1.63. The zero-order chi connectivity index (χ0) is 25.5. The summed E-state index contributed by atoms with van der Waals surface area (Å²) in [4.78, 5) is 60.2. The zero-order valence-corrected chi connectivity index (χ0v) is 20.8. The van der Waals surface area contributed by atoms with Gasteiger partial charge in [-0.05, 0) is 19.4 Å². The van der Waals surface area contributed by atoms with Crippen molar-refractivity contribution in [3.8, 4) is 0 Å². The fraction of sp³-hybridized carbons (Fsp3) is 0.500. The number of nitrogens with two attached hydrogens (primary N) is 1. The molecule has 3 atom stereocenters. The Balaban J connectivity index is 1.65. The topological polar surface area (TPSA) is 172 Å². The average molecular weight is 528 g/mol. The molecule has 0 bridgehead atoms. The lowest BCUT2D eigenvalue weighted by molar-refractivity contribution is -0.168. The number of hydrogen-bond donors (Lipinski definition) is 2. The van der Waals surface area contributed by atoms with Crippen LogP contribution in [-0.4, -0.2) is 76.2 Å². The first kappa shape index (κ1) is 26.3. The van der Waals surface area contributed by atoms with E-state index >= 15 is 0 Å². The molecule has 190 valence electrons. The quantitative estimate of drug-likeness (QED) is 0.112. The second-order valence-corrected chi connectivity index (χ2v) is 9.13. The van der Waals surface area contributed by atoms with Crippen molar-refractivity contribution in [3.63, 3.8) is 0 Å². The summed E-state index contributed by atoms with van der Waals surface area (Å²) in [6, 6.07) is -0.912. The molecule has 0 saturated carbocycles. The molecule has 0 aromatic carbocycles. The minimum absolute atomic E-state index is 0.00370. The minimum atomic E-state index is -1.23. The molecule has 2 unspecified atom stereocenters. The molecule has 1 aromatic rings. The van der Waals surface area contributed by atoms with Crippen LogP contribution in [0.3, 0.4) is 0 Å². The number of amides is 2. The first-order valence-corrected chi connectivity index (χ1v) is 12.6. The van der Waals surface area contributed by atoms with E-state index in [2.05, 4.69) is 20.2 Å². The third-order valence-corrected chi connectivity index (χ3v) is 6.43. The molecule has 2 aliphatic heterocycles. The molecule has 3 heterocycles. The maximum Gasteiger partial charge on any atom is 0.511 e. The molecule has 1 fully saturated rings. The molecule has 35 heavy (non-hydrogen) atoms. The highest BCUT2D eigenvalue weighted by Crippen LogP contribution is 2.38. The van der Waals surface area contributed by atoms with E-state index in [1.165, 1.54) is 29.7 Å². The lowest BCUT2D eigenvalue weighted by Gasteiger charge is -2.48. The number of nitrogens with zero attached hydrogens (tertiary/aromatic N) is 3. The van der Waals surface area contributed by atoms with E-state index in [-0.39, 0.29) is 28.8 Å². The van der Waals surface area contributed by atoms with Crippen LogP contribution in [0.2, 0.25) is 0 Å². The normalized spacial score (nSPS) is 20.1. The van der Waals surface area contributed by atoms with Gasteiger partial charge in [-0.25, -0.2) is 14.6 Å². The van der Waals surface area contributed by atoms with E-state index in [4.69, 9.17) is 20.0 Å². The molecular formula is C20H25N5O8S2. The van der Waals surface area contributed by atoms with Gasteiger partial charge in [-0.15, -0.1) is 23.1 Å². The van der Waals surface area contributed by atoms with Crippen molar-refractivity contribution in [2.45, 2.75) is 44.9 Å². The summed E-state index contributed by atoms with van der Waals surface area (Å²) < 4.78 is 14.5. The Hall–Kier alpha value is -3.33. The summed E-state index contributed by atoms with van der Waals surface area (Å²) in [5, 5.41) is 7.78. The number of oxime groups is 1. The standard InChI is InChI=1S/C20H25N5O8S2/c1-4-7-31-24-13(11-9-35-19(21)22-11)15(26)23-14-16(27)25-12(6-8-34-17(14)25)18(28)32-10(3)33-20(29)30-5-2/h6,9-10,14,17H,4-5,7-8H2,1-3H3,(H2,21,22)(H,23,26)/t10?,14?,17-/m1/s1. The molecule has 13 nitrogen and oxygen atoms in total. The molecule has 0 aliphatic carbocycles. The Kier molecular flexibility index (Phi) is 8.92. The largest absolute Gasteiger partial charge is 0.511 e. The fourth-order valence-electron chi connectivity index (χ4n) is 3.06. The van der Waals surface area contributed by atoms with Crippen molar-refractivity contribution in [3.05, 3.63) is 22.8 Å². The number of fused-ring (bicyclic) bond motifs is 1. The van der Waals surface area contributed by atoms with Gasteiger partial charge in [-0.3, -0.25) is 14.5 Å². The third-order valence-electron chi connectivity index (χ3n) is 4.57. The summed E-state index contributed by atoms with van der Waals surface area (Å²) in [7, 11) is 0. The predicted molar refractivity (Wildman–Crippen MR) is 126 cm³/mol. The number of carbonyl (C=O) groups excluding carboxylic acids is 4. The number of hydrogen-bond acceptors (Lipinski definition) is 13. The second kappa shape index (κ2) is 11.9. The molecule has 3 rings (SSSR count). The number of thioether (sulfide) groups is 1. The van der Waals surface area contributed by atoms with Crippen molar-refractivity contribution in [2.24, 2.45) is 5.16 Å². The van der Waals surface area contributed by atoms with E-state index in [9.17, 15) is 19.2 Å². The van der Waals surface area contributed by atoms with Crippen LogP contribution in [0, 0.1) is 0 Å². The molecule has 1 aromatic heterocycles. The van der Waals surface area contributed by atoms with Crippen LogP contribution in [0.4, 0.5) is 9.93 Å². The highest BCUT2D eigenvalue weighted by Gasteiger charge is 2.53. The van der Waals surface area contributed by atoms with Crippen LogP contribution in [0.1, 0.15) is 32.9 Å². The lowest BCUT2D eigenvalue weighted by Crippen LogP contribution is -2.70. The summed E-state index contributed by atoms with van der Waals surface area (Å²) >= 11 is 2.49. The van der Waals surface area contributed by atoms with Gasteiger partial charge >= 0.3 is 12.1 Å². The second-order valence-electron chi connectivity index (χ2n) is 7.09. The van der Waals surface area contributed by atoms with Crippen LogP contribution in [-0.2, 0) is 33.4 Å². The van der Waals surface area contributed by atoms with E-state index < -0.39 is 41.6 Å². The van der Waals surface area contributed by atoms with E-state index in [1.54, 1.807) is 12.3 Å². The highest BCUT2D eigenvalue weighted by molar-refractivity contribution is 8.00. The maximum absolute atomic E-state index is 12.9. The number of thiazole rings is 1. The Morgan fingerprint density at radius 2 is 2.11 bits per heavy atom. The number of nitrogens with one attached hydrogen (secondary N) is 1. The van der Waals surface area contributed by atoms with Crippen LogP contribution in [0.15, 0.2) is 22.3 Å². The Labute approximate surface area is 209 Å². The Bertz CT molecular complexity index is 1040. The molecule has 2 amide bonds. The van der Waals surface area contributed by atoms with E-state index in [0.29, 0.717) is 18.8 Å². The van der Waals surface area contributed by atoms with Gasteiger partial charge in [-0.1, -0.05) is 12.1 Å². The molecule has 2 aliphatic rings. The van der Waals surface area contributed by atoms with Gasteiger partial charge in [-0.2, -0.15) is 0 Å². The number of β-lactam (4-membered cyclic amide) rings is 1. The molecule has 3 N–H and O–H groups in total. The fourth-order valence-corrected chi connectivity index (χ4v) is 4.81. The van der Waals surface area contributed by atoms with Crippen LogP contribution >= 0.6 is 23.1 Å². The monoisotopic (exact) mass is 527 g/mol. The third kappa shape index (κ3) is 6.22. The van der Waals surface area contributed by atoms with Gasteiger partial charge in [0.1, 0.15) is 29.4 Å².